The zero-order valence-electron chi connectivity index (χ0n) is 20.6. The number of anilines is 2. The molecule has 0 amide bonds. The van der Waals surface area contributed by atoms with Crippen molar-refractivity contribution in [1.29, 1.82) is 0 Å². The van der Waals surface area contributed by atoms with Crippen molar-refractivity contribution in [1.82, 2.24) is 9.38 Å². The van der Waals surface area contributed by atoms with E-state index in [1.165, 1.54) is 0 Å². The molecule has 6 rings (SSSR count). The Hall–Kier alpha value is -4.10. The average molecular weight is 495 g/mol. The minimum absolute atomic E-state index is 0.338. The van der Waals surface area contributed by atoms with Crippen molar-refractivity contribution < 1.29 is 9.53 Å². The molecule has 180 valence electrons. The summed E-state index contributed by atoms with van der Waals surface area (Å²) in [6.45, 7) is 0. The molecule has 1 unspecified atom stereocenters. The molecule has 7 heteroatoms. The van der Waals surface area contributed by atoms with Crippen LogP contribution in [0.15, 0.2) is 84.4 Å². The molecule has 5 aromatic rings. The second-order valence-corrected chi connectivity index (χ2v) is 10.2. The van der Waals surface area contributed by atoms with Crippen molar-refractivity contribution in [3.8, 4) is 11.3 Å². The highest BCUT2D eigenvalue weighted by atomic mass is 32.1. The number of carbonyl (C=O) groups is 1. The van der Waals surface area contributed by atoms with Gasteiger partial charge >= 0.3 is 5.97 Å². The number of nitrogens with zero attached hydrogens (tertiary/aromatic N) is 4. The number of imidazole rings is 1. The Morgan fingerprint density at radius 2 is 1.58 bits per heavy atom. The third kappa shape index (κ3) is 3.23. The zero-order valence-corrected chi connectivity index (χ0v) is 21.4. The maximum Gasteiger partial charge on any atom is 0.340 e. The molecule has 0 spiro atoms. The van der Waals surface area contributed by atoms with Gasteiger partial charge in [-0.25, -0.2) is 9.78 Å². The number of carbonyl (C=O) groups excluding carboxylic acids is 1. The standard InChI is InChI=1S/C29H26N4O2S/c1-31(2)21-12-10-20(11-13-21)29(24-15-14-22(32(3)4)18-23(24)27(34)35-29)26-25(19-8-6-5-7-9-19)30-28-33(26)16-17-36-28/h5-18H,1-4H3. The minimum Gasteiger partial charge on any atom is -0.439 e. The highest BCUT2D eigenvalue weighted by molar-refractivity contribution is 7.15. The lowest BCUT2D eigenvalue weighted by atomic mass is 9.81. The van der Waals surface area contributed by atoms with Crippen LogP contribution < -0.4 is 9.80 Å². The predicted octanol–water partition coefficient (Wildman–Crippen LogP) is 5.66. The van der Waals surface area contributed by atoms with Crippen LogP contribution in [0.3, 0.4) is 0 Å². The molecule has 0 fully saturated rings. The Labute approximate surface area is 214 Å². The van der Waals surface area contributed by atoms with Crippen LogP contribution in [-0.2, 0) is 10.3 Å². The van der Waals surface area contributed by atoms with Crippen LogP contribution in [0, 0.1) is 0 Å². The van der Waals surface area contributed by atoms with Crippen molar-refractivity contribution in [2.24, 2.45) is 0 Å². The number of hydrogen-bond acceptors (Lipinski definition) is 6. The van der Waals surface area contributed by atoms with Gasteiger partial charge in [0.25, 0.3) is 0 Å². The Balaban J connectivity index is 1.71. The van der Waals surface area contributed by atoms with Crippen molar-refractivity contribution in [2.75, 3.05) is 38.0 Å². The van der Waals surface area contributed by atoms with Gasteiger partial charge in [-0.3, -0.25) is 4.40 Å². The van der Waals surface area contributed by atoms with E-state index in [2.05, 4.69) is 33.6 Å². The maximum atomic E-state index is 13.5. The molecule has 0 N–H and O–H groups in total. The monoisotopic (exact) mass is 494 g/mol. The number of benzene rings is 3. The van der Waals surface area contributed by atoms with Gasteiger partial charge in [0.15, 0.2) is 4.96 Å². The molecule has 0 saturated carbocycles. The van der Waals surface area contributed by atoms with Crippen LogP contribution in [-0.4, -0.2) is 43.5 Å². The second-order valence-electron chi connectivity index (χ2n) is 9.37. The Kier molecular flexibility index (Phi) is 5.12. The topological polar surface area (TPSA) is 50.1 Å². The number of cyclic esters (lactones) is 1. The van der Waals surface area contributed by atoms with Crippen molar-refractivity contribution in [2.45, 2.75) is 5.60 Å². The van der Waals surface area contributed by atoms with E-state index in [0.717, 1.165) is 44.4 Å². The number of hydrogen-bond donors (Lipinski definition) is 0. The molecule has 1 aliphatic heterocycles. The summed E-state index contributed by atoms with van der Waals surface area (Å²) in [5, 5.41) is 2.01. The van der Waals surface area contributed by atoms with Crippen LogP contribution in [0.2, 0.25) is 0 Å². The second kappa shape index (κ2) is 8.24. The fourth-order valence-electron chi connectivity index (χ4n) is 4.98. The number of aromatic nitrogens is 2. The first-order valence-electron chi connectivity index (χ1n) is 11.7. The third-order valence-corrected chi connectivity index (χ3v) is 7.55. The van der Waals surface area contributed by atoms with Gasteiger partial charge in [-0.1, -0.05) is 48.5 Å². The normalized spacial score (nSPS) is 16.7. The van der Waals surface area contributed by atoms with Crippen LogP contribution in [0.5, 0.6) is 0 Å². The van der Waals surface area contributed by atoms with E-state index >= 15 is 0 Å². The van der Waals surface area contributed by atoms with Crippen LogP contribution in [0.4, 0.5) is 11.4 Å². The molecule has 3 aromatic carbocycles. The average Bonchev–Trinajstić information content (AvgIpc) is 3.57. The van der Waals surface area contributed by atoms with E-state index in [1.807, 2.05) is 93.2 Å². The van der Waals surface area contributed by atoms with Crippen molar-refractivity contribution in [3.63, 3.8) is 0 Å². The fraction of sp³-hybridized carbons (Fsp3) is 0.172. The molecule has 2 aromatic heterocycles. The lowest BCUT2D eigenvalue weighted by Gasteiger charge is -2.31. The van der Waals surface area contributed by atoms with Gasteiger partial charge in [0.2, 0.25) is 5.60 Å². The summed E-state index contributed by atoms with van der Waals surface area (Å²) in [6, 6.07) is 24.3. The summed E-state index contributed by atoms with van der Waals surface area (Å²) in [6.07, 6.45) is 2.00. The van der Waals surface area contributed by atoms with Gasteiger partial charge in [0.05, 0.1) is 11.3 Å². The third-order valence-electron chi connectivity index (χ3n) is 6.80. The summed E-state index contributed by atoms with van der Waals surface area (Å²) in [4.78, 5) is 23.5. The van der Waals surface area contributed by atoms with Gasteiger partial charge in [0, 0.05) is 67.8 Å². The lowest BCUT2D eigenvalue weighted by molar-refractivity contribution is 0.0238. The highest BCUT2D eigenvalue weighted by Crippen LogP contribution is 2.51. The number of rotatable bonds is 5. The number of ether oxygens (including phenoxy) is 1. The van der Waals surface area contributed by atoms with Crippen LogP contribution >= 0.6 is 11.3 Å². The van der Waals surface area contributed by atoms with Crippen molar-refractivity contribution >= 4 is 33.6 Å². The smallest absolute Gasteiger partial charge is 0.340 e. The van der Waals surface area contributed by atoms with Gasteiger partial charge < -0.3 is 14.5 Å². The first-order chi connectivity index (χ1) is 17.4. The van der Waals surface area contributed by atoms with Gasteiger partial charge in [-0.2, -0.15) is 0 Å². The Morgan fingerprint density at radius 1 is 0.889 bits per heavy atom. The van der Waals surface area contributed by atoms with Gasteiger partial charge in [-0.15, -0.1) is 11.3 Å². The molecule has 0 aliphatic carbocycles. The fourth-order valence-corrected chi connectivity index (χ4v) is 5.69. The lowest BCUT2D eigenvalue weighted by Crippen LogP contribution is -2.32. The zero-order chi connectivity index (χ0) is 25.0. The highest BCUT2D eigenvalue weighted by Gasteiger charge is 2.52. The first kappa shape index (κ1) is 22.4. The summed E-state index contributed by atoms with van der Waals surface area (Å²) in [5.41, 5.74) is 5.73. The Morgan fingerprint density at radius 3 is 2.28 bits per heavy atom. The molecule has 0 radical (unpaired) electrons. The molecule has 0 saturated heterocycles. The number of thiazole rings is 1. The molecule has 0 bridgehead atoms. The van der Waals surface area contributed by atoms with Crippen LogP contribution in [0.25, 0.3) is 16.2 Å². The van der Waals surface area contributed by atoms with Crippen LogP contribution in [0.1, 0.15) is 27.2 Å². The summed E-state index contributed by atoms with van der Waals surface area (Å²) in [5.74, 6) is -0.338. The summed E-state index contributed by atoms with van der Waals surface area (Å²) < 4.78 is 8.56. The van der Waals surface area contributed by atoms with Gasteiger partial charge in [-0.05, 0) is 24.3 Å². The molecular weight excluding hydrogens is 468 g/mol. The van der Waals surface area contributed by atoms with E-state index in [0.29, 0.717) is 5.56 Å². The van der Waals surface area contributed by atoms with Crippen molar-refractivity contribution in [3.05, 3.63) is 107 Å². The van der Waals surface area contributed by atoms with E-state index in [1.54, 1.807) is 11.3 Å². The SMILES string of the molecule is CN(C)c1ccc(C2(c3c(-c4ccccc4)nc4sccn34)OC(=O)c3cc(N(C)C)ccc32)cc1. The quantitative estimate of drug-likeness (QED) is 0.295. The molecule has 3 heterocycles. The largest absolute Gasteiger partial charge is 0.439 e. The number of fused-ring (bicyclic) bond motifs is 2. The van der Waals surface area contributed by atoms with E-state index < -0.39 is 5.60 Å². The maximum absolute atomic E-state index is 13.5. The van der Waals surface area contributed by atoms with E-state index in [4.69, 9.17) is 9.72 Å². The summed E-state index contributed by atoms with van der Waals surface area (Å²) in [7, 11) is 7.96. The predicted molar refractivity (Wildman–Crippen MR) is 145 cm³/mol. The molecular formula is C29H26N4O2S. The molecule has 36 heavy (non-hydrogen) atoms. The van der Waals surface area contributed by atoms with Gasteiger partial charge in [0.1, 0.15) is 5.69 Å². The Bertz CT molecular complexity index is 1590. The summed E-state index contributed by atoms with van der Waals surface area (Å²) >= 11 is 1.56. The molecule has 1 atom stereocenters. The van der Waals surface area contributed by atoms with E-state index in [9.17, 15) is 4.79 Å². The molecule has 1 aliphatic rings. The number of esters is 1. The minimum atomic E-state index is -1.16. The molecule has 6 nitrogen and oxygen atoms in total. The van der Waals surface area contributed by atoms with E-state index in [-0.39, 0.29) is 5.97 Å². The first-order valence-corrected chi connectivity index (χ1v) is 12.6.